The van der Waals surface area contributed by atoms with Crippen LogP contribution in [-0.4, -0.2) is 24.9 Å². The van der Waals surface area contributed by atoms with E-state index in [-0.39, 0.29) is 22.4 Å². The number of halogens is 4. The van der Waals surface area contributed by atoms with Crippen molar-refractivity contribution in [2.45, 2.75) is 62.8 Å². The van der Waals surface area contributed by atoms with Gasteiger partial charge in [-0.2, -0.15) is 13.2 Å². The summed E-state index contributed by atoms with van der Waals surface area (Å²) in [6, 6.07) is 5.66. The van der Waals surface area contributed by atoms with Crippen LogP contribution in [0.3, 0.4) is 0 Å². The van der Waals surface area contributed by atoms with Crippen molar-refractivity contribution in [3.05, 3.63) is 52.0 Å². The van der Waals surface area contributed by atoms with Crippen molar-refractivity contribution in [3.8, 4) is 5.75 Å². The third-order valence-corrected chi connectivity index (χ3v) is 6.63. The highest BCUT2D eigenvalue weighted by Crippen LogP contribution is 2.39. The number of sulfone groups is 1. The van der Waals surface area contributed by atoms with Crippen LogP contribution in [0.2, 0.25) is 5.02 Å². The van der Waals surface area contributed by atoms with Gasteiger partial charge in [0.15, 0.2) is 0 Å². The number of alkyl halides is 3. The number of benzene rings is 2. The summed E-state index contributed by atoms with van der Waals surface area (Å²) in [7, 11) is -5.58. The van der Waals surface area contributed by atoms with Crippen LogP contribution in [0, 0.1) is 0 Å². The quantitative estimate of drug-likeness (QED) is 0.536. The Morgan fingerprint density at radius 2 is 1.53 bits per heavy atom. The van der Waals surface area contributed by atoms with Crippen molar-refractivity contribution < 1.29 is 31.5 Å². The Balaban J connectivity index is 2.52. The van der Waals surface area contributed by atoms with Gasteiger partial charge in [-0.3, -0.25) is 4.79 Å². The lowest BCUT2D eigenvalue weighted by atomic mass is 9.79. The van der Waals surface area contributed by atoms with Gasteiger partial charge in [-0.05, 0) is 40.7 Å². The molecule has 32 heavy (non-hydrogen) atoms. The van der Waals surface area contributed by atoms with Gasteiger partial charge in [0.2, 0.25) is 0 Å². The highest BCUT2D eigenvalue weighted by atomic mass is 35.5. The van der Waals surface area contributed by atoms with Gasteiger partial charge >= 0.3 is 5.51 Å². The maximum atomic E-state index is 13.0. The molecule has 0 radical (unpaired) electrons. The van der Waals surface area contributed by atoms with Crippen molar-refractivity contribution in [3.63, 3.8) is 0 Å². The fourth-order valence-electron chi connectivity index (χ4n) is 2.90. The van der Waals surface area contributed by atoms with Gasteiger partial charge in [0.05, 0.1) is 21.2 Å². The van der Waals surface area contributed by atoms with Gasteiger partial charge in [0.25, 0.3) is 15.7 Å². The van der Waals surface area contributed by atoms with Crippen molar-refractivity contribution in [2.75, 3.05) is 5.32 Å². The topological polar surface area (TPSA) is 83.5 Å². The number of anilines is 1. The minimum atomic E-state index is -5.58. The molecule has 2 N–H and O–H groups in total. The Bertz CT molecular complexity index is 1160. The molecule has 176 valence electrons. The van der Waals surface area contributed by atoms with Gasteiger partial charge < -0.3 is 10.4 Å². The van der Waals surface area contributed by atoms with Crippen LogP contribution in [0.25, 0.3) is 0 Å². The molecule has 2 aromatic carbocycles. The molecule has 0 heterocycles. The number of carbonyl (C=O) groups excluding carboxylic acids is 1. The van der Waals surface area contributed by atoms with Crippen molar-refractivity contribution in [1.82, 2.24) is 0 Å². The molecule has 0 spiro atoms. The third-order valence-electron chi connectivity index (χ3n) is 4.83. The van der Waals surface area contributed by atoms with Crippen LogP contribution in [0.1, 0.15) is 63.0 Å². The van der Waals surface area contributed by atoms with Crippen molar-refractivity contribution in [2.24, 2.45) is 0 Å². The number of carbonyl (C=O) groups is 1. The minimum Gasteiger partial charge on any atom is -0.507 e. The molecular formula is C22H25ClF3NO4S. The Labute approximate surface area is 190 Å². The van der Waals surface area contributed by atoms with E-state index in [1.807, 2.05) is 47.6 Å². The maximum Gasteiger partial charge on any atom is 0.501 e. The number of nitrogens with one attached hydrogen (secondary N) is 1. The smallest absolute Gasteiger partial charge is 0.501 e. The molecule has 0 aromatic heterocycles. The zero-order valence-electron chi connectivity index (χ0n) is 18.5. The normalized spacial score (nSPS) is 13.2. The monoisotopic (exact) mass is 491 g/mol. The summed E-state index contributed by atoms with van der Waals surface area (Å²) in [5, 5.41) is 12.8. The lowest BCUT2D eigenvalue weighted by Gasteiger charge is -2.27. The molecule has 2 rings (SSSR count). The molecule has 10 heteroatoms. The zero-order valence-corrected chi connectivity index (χ0v) is 20.1. The molecule has 0 aliphatic carbocycles. The Hall–Kier alpha value is -2.26. The third kappa shape index (κ3) is 5.20. The van der Waals surface area contributed by atoms with Crippen LogP contribution < -0.4 is 5.32 Å². The number of rotatable bonds is 3. The predicted molar refractivity (Wildman–Crippen MR) is 118 cm³/mol. The summed E-state index contributed by atoms with van der Waals surface area (Å²) < 4.78 is 61.4. The van der Waals surface area contributed by atoms with Gasteiger partial charge in [0, 0.05) is 5.56 Å². The molecule has 0 aliphatic heterocycles. The van der Waals surface area contributed by atoms with Gasteiger partial charge in [-0.15, -0.1) is 0 Å². The molecule has 0 atom stereocenters. The second kappa shape index (κ2) is 8.26. The first-order valence-electron chi connectivity index (χ1n) is 9.57. The van der Waals surface area contributed by atoms with E-state index >= 15 is 0 Å². The van der Waals surface area contributed by atoms with Gasteiger partial charge in [0.1, 0.15) is 5.75 Å². The first-order chi connectivity index (χ1) is 14.3. The molecule has 0 saturated heterocycles. The minimum absolute atomic E-state index is 0.0367. The van der Waals surface area contributed by atoms with E-state index in [1.54, 1.807) is 0 Å². The van der Waals surface area contributed by atoms with Crippen molar-refractivity contribution in [1.29, 1.82) is 0 Å². The summed E-state index contributed by atoms with van der Waals surface area (Å²) in [6.45, 7) is 11.5. The van der Waals surface area contributed by atoms with Crippen LogP contribution in [0.4, 0.5) is 18.9 Å². The Kier molecular flexibility index (Phi) is 6.71. The summed E-state index contributed by atoms with van der Waals surface area (Å²) in [5.74, 6) is -0.970. The summed E-state index contributed by atoms with van der Waals surface area (Å²) >= 11 is 5.96. The van der Waals surface area contributed by atoms with Crippen LogP contribution in [0.5, 0.6) is 5.75 Å². The van der Waals surface area contributed by atoms with E-state index in [0.29, 0.717) is 17.7 Å². The lowest BCUT2D eigenvalue weighted by molar-refractivity contribution is -0.0436. The molecule has 0 bridgehead atoms. The number of amides is 1. The largest absolute Gasteiger partial charge is 0.507 e. The SMILES string of the molecule is CC(C)(C)c1cc(C(=O)Nc2ccc(S(=O)(=O)C(F)(F)F)cc2Cl)c(O)c(C(C)(C)C)c1. The number of phenolic OH excluding ortho intramolecular Hbond substituents is 1. The average molecular weight is 492 g/mol. The first kappa shape index (κ1) is 26.0. The van der Waals surface area contributed by atoms with E-state index in [1.165, 1.54) is 6.07 Å². The number of hydrogen-bond donors (Lipinski definition) is 2. The van der Waals surface area contributed by atoms with E-state index in [9.17, 15) is 31.5 Å². The highest BCUT2D eigenvalue weighted by molar-refractivity contribution is 7.92. The summed E-state index contributed by atoms with van der Waals surface area (Å²) in [4.78, 5) is 11.9. The van der Waals surface area contributed by atoms with E-state index in [4.69, 9.17) is 11.6 Å². The molecular weight excluding hydrogens is 467 g/mol. The predicted octanol–water partition coefficient (Wildman–Crippen LogP) is 6.19. The second-order valence-corrected chi connectivity index (χ2v) is 11.8. The van der Waals surface area contributed by atoms with E-state index in [2.05, 4.69) is 5.32 Å². The highest BCUT2D eigenvalue weighted by Gasteiger charge is 2.47. The first-order valence-corrected chi connectivity index (χ1v) is 11.4. The standard InChI is InChI=1S/C22H25ClF3NO4S/c1-20(2,3)12-9-14(18(28)15(10-12)21(4,5)6)19(29)27-17-8-7-13(11-16(17)23)32(30,31)22(24,25)26/h7-11,28H,1-6H3,(H,27,29). The number of aromatic hydroxyl groups is 1. The van der Waals surface area contributed by atoms with Crippen molar-refractivity contribution >= 4 is 33.0 Å². The Morgan fingerprint density at radius 1 is 0.969 bits per heavy atom. The van der Waals surface area contributed by atoms with E-state index < -0.39 is 36.6 Å². The Morgan fingerprint density at radius 3 is 1.97 bits per heavy atom. The molecule has 0 aliphatic rings. The zero-order chi connectivity index (χ0) is 24.9. The summed E-state index contributed by atoms with van der Waals surface area (Å²) in [6.07, 6.45) is 0. The summed E-state index contributed by atoms with van der Waals surface area (Å²) in [5.41, 5.74) is -5.10. The van der Waals surface area contributed by atoms with Gasteiger partial charge in [-0.25, -0.2) is 8.42 Å². The molecule has 5 nitrogen and oxygen atoms in total. The number of hydrogen-bond acceptors (Lipinski definition) is 4. The molecule has 0 unspecified atom stereocenters. The van der Waals surface area contributed by atoms with Crippen LogP contribution in [0.15, 0.2) is 35.2 Å². The molecule has 2 aromatic rings. The lowest BCUT2D eigenvalue weighted by Crippen LogP contribution is -2.23. The maximum absolute atomic E-state index is 13.0. The molecule has 0 fully saturated rings. The van der Waals surface area contributed by atoms with Gasteiger partial charge in [-0.1, -0.05) is 59.2 Å². The fraction of sp³-hybridized carbons (Fsp3) is 0.409. The molecule has 0 saturated carbocycles. The fourth-order valence-corrected chi connectivity index (χ4v) is 3.98. The van der Waals surface area contributed by atoms with E-state index in [0.717, 1.165) is 11.6 Å². The average Bonchev–Trinajstić information content (AvgIpc) is 2.60. The molecule has 1 amide bonds. The second-order valence-electron chi connectivity index (χ2n) is 9.46. The van der Waals surface area contributed by atoms with Crippen LogP contribution in [-0.2, 0) is 20.7 Å². The van der Waals surface area contributed by atoms with Crippen LogP contribution >= 0.6 is 11.6 Å². The number of phenols is 1.